The van der Waals surface area contributed by atoms with Gasteiger partial charge < -0.3 is 0 Å². The molecule has 3 rings (SSSR count). The lowest BCUT2D eigenvalue weighted by molar-refractivity contribution is 0.226. The van der Waals surface area contributed by atoms with Crippen molar-refractivity contribution >= 4 is 23.1 Å². The van der Waals surface area contributed by atoms with Crippen LogP contribution in [0.15, 0.2) is 53.8 Å². The second-order valence-electron chi connectivity index (χ2n) is 6.35. The van der Waals surface area contributed by atoms with Crippen LogP contribution in [0.4, 0.5) is 5.69 Å². The highest BCUT2D eigenvalue weighted by atomic mass is 35.5. The van der Waals surface area contributed by atoms with Gasteiger partial charge in [0.1, 0.15) is 5.84 Å². The molecule has 126 valence electrons. The topological polar surface area (TPSA) is 57.5 Å². The summed E-state index contributed by atoms with van der Waals surface area (Å²) in [5.74, 6) is 1.77. The summed E-state index contributed by atoms with van der Waals surface area (Å²) in [5.41, 5.74) is 4.40. The number of benzene rings is 1. The Bertz CT molecular complexity index is 682. The third-order valence-electron chi connectivity index (χ3n) is 4.71. The first kappa shape index (κ1) is 16.9. The van der Waals surface area contributed by atoms with Crippen LogP contribution in [0.25, 0.3) is 0 Å². The Morgan fingerprint density at radius 3 is 2.58 bits per heavy atom. The molecule has 0 amide bonds. The number of aliphatic imine (C=N–C) groups is 1. The van der Waals surface area contributed by atoms with E-state index in [-0.39, 0.29) is 0 Å². The van der Waals surface area contributed by atoms with Crippen LogP contribution in [-0.4, -0.2) is 16.0 Å². The molecule has 4 nitrogen and oxygen atoms in total. The van der Waals surface area contributed by atoms with Crippen molar-refractivity contribution in [1.29, 1.82) is 0 Å². The summed E-state index contributed by atoms with van der Waals surface area (Å²) in [7, 11) is 0. The van der Waals surface area contributed by atoms with Gasteiger partial charge in [-0.2, -0.15) is 0 Å². The number of hydroxylamine groups is 1. The summed E-state index contributed by atoms with van der Waals surface area (Å²) in [6.07, 6.45) is 9.12. The molecule has 1 saturated carbocycles. The Morgan fingerprint density at radius 1 is 1.17 bits per heavy atom. The van der Waals surface area contributed by atoms with E-state index in [1.165, 1.54) is 18.4 Å². The van der Waals surface area contributed by atoms with Gasteiger partial charge >= 0.3 is 0 Å². The molecule has 0 radical (unpaired) electrons. The number of amidine groups is 1. The van der Waals surface area contributed by atoms with Crippen LogP contribution >= 0.6 is 11.6 Å². The zero-order chi connectivity index (χ0) is 16.8. The lowest BCUT2D eigenvalue weighted by Gasteiger charge is -2.28. The minimum atomic E-state index is 0.542. The molecule has 0 saturated heterocycles. The lowest BCUT2D eigenvalue weighted by atomic mass is 9.77. The Labute approximate surface area is 147 Å². The first-order valence-electron chi connectivity index (χ1n) is 8.38. The van der Waals surface area contributed by atoms with Crippen LogP contribution in [0, 0.1) is 5.92 Å². The van der Waals surface area contributed by atoms with E-state index in [2.05, 4.69) is 27.6 Å². The normalized spacial score (nSPS) is 21.5. The third kappa shape index (κ3) is 4.56. The molecule has 0 aliphatic heterocycles. The Balaban J connectivity index is 1.58. The van der Waals surface area contributed by atoms with Gasteiger partial charge in [0.05, 0.1) is 5.69 Å². The second-order valence-corrected chi connectivity index (χ2v) is 6.79. The molecule has 0 spiro atoms. The number of halogens is 1. The summed E-state index contributed by atoms with van der Waals surface area (Å²) >= 11 is 5.98. The van der Waals surface area contributed by atoms with Crippen molar-refractivity contribution in [3.05, 3.63) is 59.4 Å². The molecular formula is C19H22ClN3O. The van der Waals surface area contributed by atoms with E-state index in [9.17, 15) is 5.21 Å². The fourth-order valence-electron chi connectivity index (χ4n) is 3.43. The van der Waals surface area contributed by atoms with Crippen LogP contribution in [0.1, 0.15) is 43.6 Å². The van der Waals surface area contributed by atoms with Crippen molar-refractivity contribution in [2.75, 3.05) is 0 Å². The van der Waals surface area contributed by atoms with Gasteiger partial charge in [-0.3, -0.25) is 15.7 Å². The van der Waals surface area contributed by atoms with Gasteiger partial charge in [0, 0.05) is 23.8 Å². The maximum absolute atomic E-state index is 9.40. The highest BCUT2D eigenvalue weighted by Crippen LogP contribution is 2.37. The van der Waals surface area contributed by atoms with Gasteiger partial charge in [0.15, 0.2) is 0 Å². The van der Waals surface area contributed by atoms with E-state index < -0.39 is 0 Å². The van der Waals surface area contributed by atoms with E-state index >= 15 is 0 Å². The molecule has 1 aliphatic carbocycles. The third-order valence-corrected chi connectivity index (χ3v) is 4.94. The zero-order valence-corrected chi connectivity index (χ0v) is 14.3. The predicted octanol–water partition coefficient (Wildman–Crippen LogP) is 5.11. The largest absolute Gasteiger partial charge is 0.290 e. The predicted molar refractivity (Wildman–Crippen MR) is 97.0 cm³/mol. The van der Waals surface area contributed by atoms with Gasteiger partial charge in [0.25, 0.3) is 0 Å². The molecular weight excluding hydrogens is 322 g/mol. The standard InChI is InChI=1S/C19H22ClN3O/c20-17-2-1-3-18(13-17)22-19(23-24)12-14-4-6-15(7-5-14)16-8-10-21-11-9-16/h1-3,8-11,13-15,24H,4-7,12H2,(H,22,23). The Morgan fingerprint density at radius 2 is 1.92 bits per heavy atom. The monoisotopic (exact) mass is 343 g/mol. The number of aromatic nitrogens is 1. The van der Waals surface area contributed by atoms with Crippen molar-refractivity contribution < 1.29 is 5.21 Å². The molecule has 2 N–H and O–H groups in total. The van der Waals surface area contributed by atoms with Crippen molar-refractivity contribution in [2.45, 2.75) is 38.0 Å². The zero-order valence-electron chi connectivity index (χ0n) is 13.5. The van der Waals surface area contributed by atoms with Crippen LogP contribution in [0.3, 0.4) is 0 Å². The molecule has 1 heterocycles. The van der Waals surface area contributed by atoms with Gasteiger partial charge in [-0.05, 0) is 73.4 Å². The number of pyridine rings is 1. The highest BCUT2D eigenvalue weighted by Gasteiger charge is 2.23. The fraction of sp³-hybridized carbons (Fsp3) is 0.368. The smallest absolute Gasteiger partial charge is 0.126 e. The molecule has 0 unspecified atom stereocenters. The Kier molecular flexibility index (Phi) is 5.83. The van der Waals surface area contributed by atoms with Gasteiger partial charge in [0.2, 0.25) is 0 Å². The molecule has 2 aromatic rings. The lowest BCUT2D eigenvalue weighted by Crippen LogP contribution is -2.24. The molecule has 0 bridgehead atoms. The summed E-state index contributed by atoms with van der Waals surface area (Å²) in [6, 6.07) is 11.6. The number of nitrogens with one attached hydrogen (secondary N) is 1. The van der Waals surface area contributed by atoms with E-state index in [0.717, 1.165) is 24.9 Å². The maximum Gasteiger partial charge on any atom is 0.126 e. The van der Waals surface area contributed by atoms with Crippen molar-refractivity contribution in [3.8, 4) is 0 Å². The van der Waals surface area contributed by atoms with Crippen molar-refractivity contribution in [3.63, 3.8) is 0 Å². The number of nitrogens with zero attached hydrogens (tertiary/aromatic N) is 2. The molecule has 1 aromatic heterocycles. The summed E-state index contributed by atoms with van der Waals surface area (Å²) in [5, 5.41) is 10.0. The number of hydrogen-bond acceptors (Lipinski definition) is 3. The second kappa shape index (κ2) is 8.27. The molecule has 1 aromatic carbocycles. The first-order valence-corrected chi connectivity index (χ1v) is 8.75. The van der Waals surface area contributed by atoms with E-state index in [4.69, 9.17) is 11.6 Å². The number of hydrogen-bond donors (Lipinski definition) is 2. The van der Waals surface area contributed by atoms with Crippen molar-refractivity contribution in [2.24, 2.45) is 10.9 Å². The van der Waals surface area contributed by atoms with Gasteiger partial charge in [-0.1, -0.05) is 17.7 Å². The molecule has 24 heavy (non-hydrogen) atoms. The molecule has 1 fully saturated rings. The van der Waals surface area contributed by atoms with E-state index in [1.54, 1.807) is 6.07 Å². The minimum Gasteiger partial charge on any atom is -0.290 e. The van der Waals surface area contributed by atoms with E-state index in [1.807, 2.05) is 30.6 Å². The SMILES string of the molecule is ONC(CC1CCC(c2ccncc2)CC1)=Nc1cccc(Cl)c1. The average molecular weight is 344 g/mol. The van der Waals surface area contributed by atoms with Gasteiger partial charge in [-0.25, -0.2) is 4.99 Å². The van der Waals surface area contributed by atoms with Crippen LogP contribution < -0.4 is 5.48 Å². The van der Waals surface area contributed by atoms with E-state index in [0.29, 0.717) is 22.7 Å². The molecule has 1 aliphatic rings. The van der Waals surface area contributed by atoms with Crippen molar-refractivity contribution in [1.82, 2.24) is 10.5 Å². The summed E-state index contributed by atoms with van der Waals surface area (Å²) in [4.78, 5) is 8.56. The average Bonchev–Trinajstić information content (AvgIpc) is 2.62. The van der Waals surface area contributed by atoms with Crippen LogP contribution in [-0.2, 0) is 0 Å². The summed E-state index contributed by atoms with van der Waals surface area (Å²) in [6.45, 7) is 0. The fourth-order valence-corrected chi connectivity index (χ4v) is 3.61. The Hall–Kier alpha value is -1.91. The summed E-state index contributed by atoms with van der Waals surface area (Å²) < 4.78 is 0. The molecule has 5 heteroatoms. The minimum absolute atomic E-state index is 0.542. The highest BCUT2D eigenvalue weighted by molar-refractivity contribution is 6.30. The molecule has 0 atom stereocenters. The van der Waals surface area contributed by atoms with Gasteiger partial charge in [-0.15, -0.1) is 0 Å². The first-order chi connectivity index (χ1) is 11.7. The van der Waals surface area contributed by atoms with Crippen LogP contribution in [0.2, 0.25) is 5.02 Å². The quantitative estimate of drug-likeness (QED) is 0.461. The van der Waals surface area contributed by atoms with Crippen LogP contribution in [0.5, 0.6) is 0 Å². The maximum atomic E-state index is 9.40. The number of rotatable bonds is 4.